The Labute approximate surface area is 150 Å². The molecule has 26 heavy (non-hydrogen) atoms. The average molecular weight is 356 g/mol. The molecule has 0 spiro atoms. The number of aromatic nitrogens is 1. The first-order valence-electron chi connectivity index (χ1n) is 8.31. The van der Waals surface area contributed by atoms with E-state index in [1.54, 1.807) is 6.07 Å². The summed E-state index contributed by atoms with van der Waals surface area (Å²) in [6.45, 7) is 0.591. The number of nitrogens with zero attached hydrogens (tertiary/aromatic N) is 2. The van der Waals surface area contributed by atoms with Gasteiger partial charge in [-0.05, 0) is 30.5 Å². The Morgan fingerprint density at radius 1 is 1.15 bits per heavy atom. The molecule has 0 aliphatic carbocycles. The third-order valence-electron chi connectivity index (χ3n) is 4.23. The van der Waals surface area contributed by atoms with Gasteiger partial charge in [-0.25, -0.2) is 4.79 Å². The van der Waals surface area contributed by atoms with Crippen LogP contribution in [0.15, 0.2) is 48.7 Å². The Bertz CT molecular complexity index is 803. The molecule has 1 aromatic carbocycles. The van der Waals surface area contributed by atoms with Crippen molar-refractivity contribution in [2.24, 2.45) is 5.73 Å². The number of likely N-dealkylation sites (tertiary alicyclic amines) is 1. The predicted molar refractivity (Wildman–Crippen MR) is 93.7 cm³/mol. The van der Waals surface area contributed by atoms with Crippen molar-refractivity contribution in [3.63, 3.8) is 0 Å². The first-order chi connectivity index (χ1) is 12.6. The number of ether oxygens (including phenoxy) is 1. The lowest BCUT2D eigenvalue weighted by atomic mass is 10.2. The lowest BCUT2D eigenvalue weighted by molar-refractivity contribution is -0.121. The zero-order valence-corrected chi connectivity index (χ0v) is 14.1. The number of hydrogen-bond donors (Lipinski definition) is 2. The van der Waals surface area contributed by atoms with Crippen LogP contribution < -0.4 is 11.2 Å². The van der Waals surface area contributed by atoms with Crippen molar-refractivity contribution in [3.05, 3.63) is 59.9 Å². The molecule has 8 heteroatoms. The topological polar surface area (TPSA) is 107 Å². The van der Waals surface area contributed by atoms with Gasteiger partial charge in [-0.3, -0.25) is 24.6 Å². The van der Waals surface area contributed by atoms with E-state index in [1.807, 2.05) is 30.3 Å². The van der Waals surface area contributed by atoms with Crippen molar-refractivity contribution in [1.29, 1.82) is 0 Å². The number of hydrogen-bond acceptors (Lipinski definition) is 4. The summed E-state index contributed by atoms with van der Waals surface area (Å²) in [6, 6.07) is 11.8. The van der Waals surface area contributed by atoms with Crippen LogP contribution in [-0.4, -0.2) is 40.1 Å². The van der Waals surface area contributed by atoms with Crippen LogP contribution >= 0.6 is 0 Å². The van der Waals surface area contributed by atoms with Gasteiger partial charge in [0.05, 0.1) is 0 Å². The Balaban J connectivity index is 1.61. The molecule has 0 bridgehead atoms. The van der Waals surface area contributed by atoms with E-state index in [1.165, 1.54) is 21.8 Å². The van der Waals surface area contributed by atoms with Gasteiger partial charge in [0.1, 0.15) is 18.3 Å². The van der Waals surface area contributed by atoms with Gasteiger partial charge in [-0.2, -0.15) is 0 Å². The van der Waals surface area contributed by atoms with Gasteiger partial charge < -0.3 is 10.5 Å². The molecule has 0 saturated carbocycles. The van der Waals surface area contributed by atoms with Gasteiger partial charge >= 0.3 is 6.09 Å². The van der Waals surface area contributed by atoms with Crippen molar-refractivity contribution >= 4 is 17.9 Å². The highest BCUT2D eigenvalue weighted by Crippen LogP contribution is 2.19. The van der Waals surface area contributed by atoms with E-state index in [4.69, 9.17) is 10.5 Å². The van der Waals surface area contributed by atoms with Crippen molar-refractivity contribution < 1.29 is 19.1 Å². The normalized spacial score (nSPS) is 16.3. The van der Waals surface area contributed by atoms with Crippen LogP contribution in [0.5, 0.6) is 0 Å². The maximum Gasteiger partial charge on any atom is 0.410 e. The summed E-state index contributed by atoms with van der Waals surface area (Å²) >= 11 is 0. The van der Waals surface area contributed by atoms with Crippen LogP contribution in [0.4, 0.5) is 4.79 Å². The van der Waals surface area contributed by atoms with Crippen molar-refractivity contribution in [2.45, 2.75) is 25.5 Å². The third-order valence-corrected chi connectivity index (χ3v) is 4.23. The highest BCUT2D eigenvalue weighted by molar-refractivity contribution is 5.95. The fourth-order valence-electron chi connectivity index (χ4n) is 2.93. The van der Waals surface area contributed by atoms with Gasteiger partial charge in [0.15, 0.2) is 0 Å². The van der Waals surface area contributed by atoms with E-state index >= 15 is 0 Å². The van der Waals surface area contributed by atoms with Gasteiger partial charge in [0.2, 0.25) is 0 Å². The second-order valence-corrected chi connectivity index (χ2v) is 6.00. The van der Waals surface area contributed by atoms with Crippen LogP contribution in [0.25, 0.3) is 0 Å². The molecule has 1 aliphatic rings. The molecule has 3 N–H and O–H groups in total. The van der Waals surface area contributed by atoms with E-state index in [0.29, 0.717) is 19.4 Å². The second kappa shape index (κ2) is 7.73. The van der Waals surface area contributed by atoms with Crippen LogP contribution in [-0.2, 0) is 16.1 Å². The third kappa shape index (κ3) is 3.85. The first-order valence-corrected chi connectivity index (χ1v) is 8.31. The number of nitrogens with one attached hydrogen (secondary N) is 1. The van der Waals surface area contributed by atoms with Gasteiger partial charge in [0, 0.05) is 12.7 Å². The molecule has 1 aromatic heterocycles. The number of rotatable bonds is 5. The predicted octanol–water partition coefficient (Wildman–Crippen LogP) is 1.46. The summed E-state index contributed by atoms with van der Waals surface area (Å²) in [5.41, 5.74) is 8.90. The number of benzene rings is 1. The number of primary amides is 1. The van der Waals surface area contributed by atoms with E-state index in [9.17, 15) is 14.4 Å². The lowest BCUT2D eigenvalue weighted by Gasteiger charge is -2.23. The minimum Gasteiger partial charge on any atom is -0.445 e. The quantitative estimate of drug-likeness (QED) is 0.846. The number of carbonyl (C=O) groups is 3. The Kier molecular flexibility index (Phi) is 5.21. The lowest BCUT2D eigenvalue weighted by Crippen LogP contribution is -2.45. The minimum atomic E-state index is -0.652. The molecule has 1 fully saturated rings. The SMILES string of the molecule is NC(=O)c1cccn1NC(=O)C1CCCN1C(=O)OCc1ccccc1. The van der Waals surface area contributed by atoms with E-state index in [-0.39, 0.29) is 12.3 Å². The van der Waals surface area contributed by atoms with E-state index < -0.39 is 23.9 Å². The highest BCUT2D eigenvalue weighted by atomic mass is 16.6. The smallest absolute Gasteiger partial charge is 0.410 e. The van der Waals surface area contributed by atoms with Crippen LogP contribution in [0, 0.1) is 0 Å². The molecule has 3 rings (SSSR count). The van der Waals surface area contributed by atoms with Crippen molar-refractivity contribution in [3.8, 4) is 0 Å². The summed E-state index contributed by atoms with van der Waals surface area (Å²) in [4.78, 5) is 37.6. The van der Waals surface area contributed by atoms with Crippen molar-refractivity contribution in [2.75, 3.05) is 12.0 Å². The van der Waals surface area contributed by atoms with E-state index in [0.717, 1.165) is 5.56 Å². The zero-order chi connectivity index (χ0) is 18.5. The molecule has 2 aromatic rings. The number of nitrogens with two attached hydrogens (primary N) is 1. The van der Waals surface area contributed by atoms with Crippen LogP contribution in [0.2, 0.25) is 0 Å². The molecule has 1 saturated heterocycles. The fraction of sp³-hybridized carbons (Fsp3) is 0.278. The number of amides is 3. The molecule has 3 amide bonds. The van der Waals surface area contributed by atoms with Crippen LogP contribution in [0.1, 0.15) is 28.9 Å². The highest BCUT2D eigenvalue weighted by Gasteiger charge is 2.35. The fourth-order valence-corrected chi connectivity index (χ4v) is 2.93. The zero-order valence-electron chi connectivity index (χ0n) is 14.1. The summed E-state index contributed by atoms with van der Waals surface area (Å²) in [5, 5.41) is 0. The standard InChI is InChI=1S/C18H20N4O4/c19-16(23)14-8-5-11-22(14)20-17(24)15-9-4-10-21(15)18(25)26-12-13-6-2-1-3-7-13/h1-3,5-8,11,15H,4,9-10,12H2,(H2,19,23)(H,20,24). The summed E-state index contributed by atoms with van der Waals surface area (Å²) in [6.07, 6.45) is 2.21. The maximum atomic E-state index is 12.5. The Morgan fingerprint density at radius 2 is 1.92 bits per heavy atom. The molecular formula is C18H20N4O4. The minimum absolute atomic E-state index is 0.147. The molecule has 1 unspecified atom stereocenters. The Morgan fingerprint density at radius 3 is 2.65 bits per heavy atom. The van der Waals surface area contributed by atoms with Crippen molar-refractivity contribution in [1.82, 2.24) is 9.58 Å². The summed E-state index contributed by atoms with van der Waals surface area (Å²) in [5.74, 6) is -1.04. The first kappa shape index (κ1) is 17.5. The Hall–Kier alpha value is -3.29. The summed E-state index contributed by atoms with van der Waals surface area (Å²) in [7, 11) is 0. The summed E-state index contributed by atoms with van der Waals surface area (Å²) < 4.78 is 6.58. The molecule has 1 atom stereocenters. The largest absolute Gasteiger partial charge is 0.445 e. The average Bonchev–Trinajstić information content (AvgIpc) is 3.29. The molecule has 136 valence electrons. The van der Waals surface area contributed by atoms with E-state index in [2.05, 4.69) is 5.43 Å². The molecule has 2 heterocycles. The number of carbonyl (C=O) groups excluding carboxylic acids is 3. The van der Waals surface area contributed by atoms with Crippen LogP contribution in [0.3, 0.4) is 0 Å². The molecule has 1 aliphatic heterocycles. The monoisotopic (exact) mass is 356 g/mol. The van der Waals surface area contributed by atoms with Gasteiger partial charge in [0.25, 0.3) is 11.8 Å². The van der Waals surface area contributed by atoms with Gasteiger partial charge in [-0.1, -0.05) is 30.3 Å². The molecule has 0 radical (unpaired) electrons. The molecular weight excluding hydrogens is 336 g/mol. The van der Waals surface area contributed by atoms with Gasteiger partial charge in [-0.15, -0.1) is 0 Å². The second-order valence-electron chi connectivity index (χ2n) is 6.00. The molecule has 8 nitrogen and oxygen atoms in total. The maximum absolute atomic E-state index is 12.5.